The number of nitrogen functional groups attached to an aromatic ring is 1. The van der Waals surface area contributed by atoms with Crippen molar-refractivity contribution in [3.05, 3.63) is 90.3 Å². The number of imide groups is 2. The monoisotopic (exact) mass is 814 g/mol. The molecule has 16 nitrogen and oxygen atoms in total. The molecule has 0 saturated carbocycles. The Morgan fingerprint density at radius 1 is 0.833 bits per heavy atom. The molecule has 3 aromatic carbocycles. The van der Waals surface area contributed by atoms with Gasteiger partial charge in [0.25, 0.3) is 11.8 Å². The highest BCUT2D eigenvalue weighted by atomic mass is 19.1. The molecule has 2 aromatic heterocycles. The standard InChI is InChI=1S/C43H43FN10O6/c44-34-23-50(28-21-51(22-28)27-8-11-31-32(20-27)42(58)53(41(31)57)33-12-13-35(55)48-40(33)56)19-16-43(34,59)52-17-14-26(15-18-52)54-39-36(38(45)46-24-47-39)37(49-54)25-6-9-30(10-7-25)60-29-4-2-1-3-5-29/h1-11,20,24,26,28,33-34,59H,12-19,21-23H2,(H2,45,46,47)(H,48,55,56)/t33?,34-,43?/m1/s1. The summed E-state index contributed by atoms with van der Waals surface area (Å²) in [6.07, 6.45) is 1.60. The van der Waals surface area contributed by atoms with Crippen molar-refractivity contribution in [1.29, 1.82) is 0 Å². The molecule has 308 valence electrons. The summed E-state index contributed by atoms with van der Waals surface area (Å²) in [6.45, 7) is 2.74. The van der Waals surface area contributed by atoms with Gasteiger partial charge >= 0.3 is 0 Å². The fourth-order valence-electron chi connectivity index (χ4n) is 9.40. The number of halogens is 1. The lowest BCUT2D eigenvalue weighted by Crippen LogP contribution is -2.68. The number of alkyl halides is 1. The fourth-order valence-corrected chi connectivity index (χ4v) is 9.40. The van der Waals surface area contributed by atoms with E-state index in [0.717, 1.165) is 21.9 Å². The van der Waals surface area contributed by atoms with E-state index < -0.39 is 41.6 Å². The van der Waals surface area contributed by atoms with E-state index in [9.17, 15) is 24.3 Å². The Labute approximate surface area is 343 Å². The van der Waals surface area contributed by atoms with Crippen molar-refractivity contribution in [2.75, 3.05) is 49.9 Å². The van der Waals surface area contributed by atoms with Crippen molar-refractivity contribution in [2.45, 2.75) is 62.1 Å². The number of piperidine rings is 3. The van der Waals surface area contributed by atoms with Crippen LogP contribution in [-0.4, -0.2) is 126 Å². The number of hydrogen-bond acceptors (Lipinski definition) is 13. The van der Waals surface area contributed by atoms with Gasteiger partial charge in [-0.05, 0) is 73.9 Å². The van der Waals surface area contributed by atoms with Crippen LogP contribution in [-0.2, 0) is 9.59 Å². The van der Waals surface area contributed by atoms with Gasteiger partial charge in [-0.15, -0.1) is 0 Å². The first-order valence-corrected chi connectivity index (χ1v) is 20.3. The topological polar surface area (TPSA) is 192 Å². The van der Waals surface area contributed by atoms with Gasteiger partial charge in [0, 0.05) is 69.4 Å². The molecule has 4 saturated heterocycles. The number of nitrogens with one attached hydrogen (secondary N) is 1. The zero-order valence-corrected chi connectivity index (χ0v) is 32.6. The van der Waals surface area contributed by atoms with Crippen LogP contribution in [0, 0.1) is 0 Å². The largest absolute Gasteiger partial charge is 0.457 e. The summed E-state index contributed by atoms with van der Waals surface area (Å²) in [4.78, 5) is 66.4. The Morgan fingerprint density at radius 3 is 2.30 bits per heavy atom. The summed E-state index contributed by atoms with van der Waals surface area (Å²) in [7, 11) is 0. The molecule has 5 aromatic rings. The number of benzene rings is 3. The second-order valence-corrected chi connectivity index (χ2v) is 16.2. The van der Waals surface area contributed by atoms with Gasteiger partial charge in [-0.25, -0.2) is 19.0 Å². The van der Waals surface area contributed by atoms with E-state index in [1.165, 1.54) is 6.33 Å². The first-order valence-electron chi connectivity index (χ1n) is 20.3. The molecule has 7 heterocycles. The number of nitrogens with zero attached hydrogens (tertiary/aromatic N) is 8. The highest BCUT2D eigenvalue weighted by molar-refractivity contribution is 6.23. The minimum Gasteiger partial charge on any atom is -0.457 e. The number of para-hydroxylation sites is 1. The number of likely N-dealkylation sites (tertiary alicyclic amines) is 2. The zero-order chi connectivity index (χ0) is 41.3. The number of aromatic nitrogens is 4. The van der Waals surface area contributed by atoms with Gasteiger partial charge in [-0.3, -0.25) is 39.2 Å². The Morgan fingerprint density at radius 2 is 1.57 bits per heavy atom. The Kier molecular flexibility index (Phi) is 9.33. The molecule has 0 bridgehead atoms. The number of amides is 4. The van der Waals surface area contributed by atoms with Gasteiger partial charge in [-0.2, -0.15) is 5.10 Å². The number of rotatable bonds is 8. The summed E-state index contributed by atoms with van der Waals surface area (Å²) in [5.74, 6) is -0.424. The van der Waals surface area contributed by atoms with E-state index in [2.05, 4.69) is 25.1 Å². The molecule has 5 aliphatic heterocycles. The van der Waals surface area contributed by atoms with Crippen LogP contribution in [0.15, 0.2) is 79.1 Å². The highest BCUT2D eigenvalue weighted by Gasteiger charge is 2.50. The second kappa shape index (κ2) is 14.8. The molecule has 3 atom stereocenters. The lowest BCUT2D eigenvalue weighted by molar-refractivity contribution is -0.196. The maximum absolute atomic E-state index is 16.2. The molecule has 10 rings (SSSR count). The maximum atomic E-state index is 16.2. The summed E-state index contributed by atoms with van der Waals surface area (Å²) in [6, 6.07) is 21.2. The summed E-state index contributed by atoms with van der Waals surface area (Å²) >= 11 is 0. The molecule has 5 aliphatic rings. The molecule has 60 heavy (non-hydrogen) atoms. The normalized spacial score (nSPS) is 24.5. The number of hydrogen-bond donors (Lipinski definition) is 3. The quantitative estimate of drug-likeness (QED) is 0.193. The predicted molar refractivity (Wildman–Crippen MR) is 217 cm³/mol. The van der Waals surface area contributed by atoms with E-state index in [1.54, 1.807) is 18.2 Å². The molecule has 0 spiro atoms. The first-order chi connectivity index (χ1) is 29.1. The number of carbonyl (C=O) groups is 4. The number of fused-ring (bicyclic) bond motifs is 2. The van der Waals surface area contributed by atoms with Crippen LogP contribution in [0.4, 0.5) is 15.9 Å². The molecule has 4 fully saturated rings. The second-order valence-electron chi connectivity index (χ2n) is 16.2. The molecular weight excluding hydrogens is 772 g/mol. The summed E-state index contributed by atoms with van der Waals surface area (Å²) in [5.41, 5.74) is 8.14. The maximum Gasteiger partial charge on any atom is 0.262 e. The molecule has 4 N–H and O–H groups in total. The van der Waals surface area contributed by atoms with Gasteiger partial charge in [0.15, 0.2) is 17.5 Å². The Balaban J connectivity index is 0.760. The number of aliphatic hydroxyl groups is 1. The van der Waals surface area contributed by atoms with E-state index in [0.29, 0.717) is 73.9 Å². The molecule has 2 unspecified atom stereocenters. The third-order valence-electron chi connectivity index (χ3n) is 12.8. The van der Waals surface area contributed by atoms with Crippen LogP contribution in [0.25, 0.3) is 22.3 Å². The van der Waals surface area contributed by atoms with Crippen LogP contribution >= 0.6 is 0 Å². The van der Waals surface area contributed by atoms with Gasteiger partial charge < -0.3 is 20.5 Å². The van der Waals surface area contributed by atoms with Crippen molar-refractivity contribution in [3.8, 4) is 22.8 Å². The van der Waals surface area contributed by atoms with Crippen LogP contribution < -0.4 is 20.7 Å². The van der Waals surface area contributed by atoms with Gasteiger partial charge in [0.05, 0.1) is 22.6 Å². The van der Waals surface area contributed by atoms with Crippen molar-refractivity contribution in [1.82, 2.24) is 39.8 Å². The lowest BCUT2D eigenvalue weighted by atomic mass is 9.91. The third kappa shape index (κ3) is 6.44. The number of ether oxygens (including phenoxy) is 1. The lowest BCUT2D eigenvalue weighted by Gasteiger charge is -2.53. The zero-order valence-electron chi connectivity index (χ0n) is 32.6. The first kappa shape index (κ1) is 37.9. The van der Waals surface area contributed by atoms with E-state index >= 15 is 4.39 Å². The molecular formula is C43H43FN10O6. The van der Waals surface area contributed by atoms with Crippen molar-refractivity contribution >= 4 is 46.2 Å². The average Bonchev–Trinajstić information content (AvgIpc) is 3.75. The number of nitrogens with two attached hydrogens (primary N) is 1. The predicted octanol–water partition coefficient (Wildman–Crippen LogP) is 3.53. The van der Waals surface area contributed by atoms with Gasteiger partial charge in [0.2, 0.25) is 11.8 Å². The van der Waals surface area contributed by atoms with Crippen LogP contribution in [0.2, 0.25) is 0 Å². The van der Waals surface area contributed by atoms with E-state index in [1.807, 2.05) is 64.2 Å². The number of anilines is 2. The van der Waals surface area contributed by atoms with E-state index in [4.69, 9.17) is 15.6 Å². The van der Waals surface area contributed by atoms with Crippen molar-refractivity contribution in [3.63, 3.8) is 0 Å². The smallest absolute Gasteiger partial charge is 0.262 e. The minimum atomic E-state index is -1.60. The Bertz CT molecular complexity index is 2520. The van der Waals surface area contributed by atoms with Crippen LogP contribution in [0.5, 0.6) is 11.5 Å². The summed E-state index contributed by atoms with van der Waals surface area (Å²) < 4.78 is 24.0. The van der Waals surface area contributed by atoms with Crippen LogP contribution in [0.1, 0.15) is 58.9 Å². The van der Waals surface area contributed by atoms with Crippen molar-refractivity contribution in [2.24, 2.45) is 0 Å². The fraction of sp³-hybridized carbons (Fsp3) is 0.372. The minimum absolute atomic E-state index is 0.0494. The summed E-state index contributed by atoms with van der Waals surface area (Å²) in [5, 5.41) is 19.7. The third-order valence-corrected chi connectivity index (χ3v) is 12.8. The molecule has 17 heteroatoms. The van der Waals surface area contributed by atoms with Gasteiger partial charge in [-0.1, -0.05) is 18.2 Å². The SMILES string of the molecule is Nc1ncnc2c1c(-c1ccc(Oc3ccccc3)cc1)nn2C1CCN(C2(O)CCN(C3CN(c4ccc5c(c4)C(=O)N(C4CCC(=O)NC4=O)C5=O)C3)C[C@H]2F)CC1. The van der Waals surface area contributed by atoms with Crippen molar-refractivity contribution < 1.29 is 33.4 Å². The molecule has 0 radical (unpaired) electrons. The number of carbonyl (C=O) groups excluding carboxylic acids is 4. The average molecular weight is 815 g/mol. The van der Waals surface area contributed by atoms with E-state index in [-0.39, 0.29) is 49.0 Å². The molecule has 0 aliphatic carbocycles. The highest BCUT2D eigenvalue weighted by Crippen LogP contribution is 2.39. The van der Waals surface area contributed by atoms with Gasteiger partial charge in [0.1, 0.15) is 35.4 Å². The Hall–Kier alpha value is -6.30. The molecule has 4 amide bonds. The van der Waals surface area contributed by atoms with Crippen LogP contribution in [0.3, 0.4) is 0 Å².